The van der Waals surface area contributed by atoms with E-state index in [9.17, 15) is 14.0 Å². The molecule has 0 spiro atoms. The van der Waals surface area contributed by atoms with Crippen molar-refractivity contribution in [2.45, 2.75) is 31.2 Å². The van der Waals surface area contributed by atoms with E-state index in [2.05, 4.69) is 28.5 Å². The van der Waals surface area contributed by atoms with E-state index >= 15 is 0 Å². The summed E-state index contributed by atoms with van der Waals surface area (Å²) in [6.07, 6.45) is 2.61. The average molecular weight is 518 g/mol. The number of halogens is 1. The molecule has 2 aromatic carbocycles. The van der Waals surface area contributed by atoms with Crippen LogP contribution in [0.25, 0.3) is 0 Å². The van der Waals surface area contributed by atoms with Crippen molar-refractivity contribution in [2.75, 3.05) is 39.3 Å². The summed E-state index contributed by atoms with van der Waals surface area (Å²) in [7, 11) is 0. The van der Waals surface area contributed by atoms with Crippen molar-refractivity contribution in [3.63, 3.8) is 0 Å². The molecule has 2 aliphatic heterocycles. The predicted molar refractivity (Wildman–Crippen MR) is 143 cm³/mol. The molecule has 3 atom stereocenters. The molecule has 0 radical (unpaired) electrons. The Morgan fingerprint density at radius 1 is 0.892 bits per heavy atom. The zero-order valence-corrected chi connectivity index (χ0v) is 21.7. The SMILES string of the molecule is O=C(CN1CCc2sccc2[C@@H]1c1cccc(F)c1)N1CCCN(C(=O)[C@@H]2C[C@H]2c2ccccc2)CC1. The van der Waals surface area contributed by atoms with Gasteiger partial charge in [-0.3, -0.25) is 14.5 Å². The minimum atomic E-state index is -0.256. The first-order valence-electron chi connectivity index (χ1n) is 13.3. The topological polar surface area (TPSA) is 43.9 Å². The lowest BCUT2D eigenvalue weighted by Crippen LogP contribution is -2.45. The van der Waals surface area contributed by atoms with Gasteiger partial charge in [0.1, 0.15) is 5.82 Å². The van der Waals surface area contributed by atoms with E-state index < -0.39 is 0 Å². The molecule has 0 N–H and O–H groups in total. The number of amides is 2. The van der Waals surface area contributed by atoms with Crippen LogP contribution in [0, 0.1) is 11.7 Å². The molecule has 2 fully saturated rings. The van der Waals surface area contributed by atoms with Gasteiger partial charge in [0.2, 0.25) is 11.8 Å². The number of fused-ring (bicyclic) bond motifs is 1. The van der Waals surface area contributed by atoms with Gasteiger partial charge in [-0.1, -0.05) is 42.5 Å². The number of carbonyl (C=O) groups excluding carboxylic acids is 2. The number of carbonyl (C=O) groups is 2. The van der Waals surface area contributed by atoms with E-state index in [4.69, 9.17) is 0 Å². The van der Waals surface area contributed by atoms with E-state index in [1.807, 2.05) is 34.1 Å². The van der Waals surface area contributed by atoms with Gasteiger partial charge in [0.25, 0.3) is 0 Å². The van der Waals surface area contributed by atoms with Gasteiger partial charge in [-0.15, -0.1) is 11.3 Å². The van der Waals surface area contributed by atoms with Gasteiger partial charge in [-0.2, -0.15) is 0 Å². The van der Waals surface area contributed by atoms with Crippen molar-refractivity contribution in [3.05, 3.63) is 93.4 Å². The maximum Gasteiger partial charge on any atom is 0.236 e. The Balaban J connectivity index is 1.10. The number of hydrogen-bond acceptors (Lipinski definition) is 4. The molecule has 0 bridgehead atoms. The second kappa shape index (κ2) is 10.4. The molecular weight excluding hydrogens is 485 g/mol. The summed E-state index contributed by atoms with van der Waals surface area (Å²) in [5, 5.41) is 2.09. The van der Waals surface area contributed by atoms with Crippen LogP contribution < -0.4 is 0 Å². The molecule has 192 valence electrons. The molecule has 6 rings (SSSR count). The standard InChI is InChI=1S/C30H32FN3O2S/c31-23-9-4-8-22(18-23)29-24-11-17-37-27(24)10-14-34(29)20-28(35)32-12-5-13-33(16-15-32)30(36)26-19-25(26)21-6-2-1-3-7-21/h1-4,6-9,11,17-18,25-26,29H,5,10,12-16,19-20H2/t25-,26+,29-/m0/s1. The van der Waals surface area contributed by atoms with Gasteiger partial charge in [0.05, 0.1) is 12.6 Å². The normalized spacial score (nSPS) is 23.9. The molecule has 1 saturated carbocycles. The van der Waals surface area contributed by atoms with Gasteiger partial charge >= 0.3 is 0 Å². The first-order chi connectivity index (χ1) is 18.1. The van der Waals surface area contributed by atoms with Crippen LogP contribution in [0.3, 0.4) is 0 Å². The van der Waals surface area contributed by atoms with E-state index in [1.54, 1.807) is 23.5 Å². The average Bonchev–Trinajstić information content (AvgIpc) is 3.64. The third kappa shape index (κ3) is 5.07. The van der Waals surface area contributed by atoms with Crippen molar-refractivity contribution >= 4 is 23.2 Å². The van der Waals surface area contributed by atoms with E-state index in [0.717, 1.165) is 31.4 Å². The monoisotopic (exact) mass is 517 g/mol. The summed E-state index contributed by atoms with van der Waals surface area (Å²) < 4.78 is 14.1. The first-order valence-corrected chi connectivity index (χ1v) is 14.1. The lowest BCUT2D eigenvalue weighted by atomic mass is 9.93. The van der Waals surface area contributed by atoms with Crippen LogP contribution in [-0.4, -0.2) is 65.8 Å². The fourth-order valence-corrected chi connectivity index (χ4v) is 6.94. The van der Waals surface area contributed by atoms with Crippen LogP contribution in [0.5, 0.6) is 0 Å². The minimum absolute atomic E-state index is 0.0739. The predicted octanol–water partition coefficient (Wildman–Crippen LogP) is 4.70. The number of nitrogens with zero attached hydrogens (tertiary/aromatic N) is 3. The maximum atomic E-state index is 14.1. The fourth-order valence-electron chi connectivity index (χ4n) is 6.04. The van der Waals surface area contributed by atoms with Crippen LogP contribution in [-0.2, 0) is 16.0 Å². The van der Waals surface area contributed by atoms with Crippen LogP contribution in [0.2, 0.25) is 0 Å². The molecule has 2 amide bonds. The lowest BCUT2D eigenvalue weighted by Gasteiger charge is -2.37. The molecule has 1 aliphatic carbocycles. The van der Waals surface area contributed by atoms with Crippen molar-refractivity contribution in [1.29, 1.82) is 0 Å². The molecule has 0 unspecified atom stereocenters. The van der Waals surface area contributed by atoms with Crippen molar-refractivity contribution in [2.24, 2.45) is 5.92 Å². The Labute approximate surface area is 221 Å². The second-order valence-electron chi connectivity index (χ2n) is 10.4. The van der Waals surface area contributed by atoms with Gasteiger partial charge in [-0.25, -0.2) is 4.39 Å². The highest BCUT2D eigenvalue weighted by molar-refractivity contribution is 7.10. The van der Waals surface area contributed by atoms with Crippen LogP contribution in [0.15, 0.2) is 66.0 Å². The summed E-state index contributed by atoms with van der Waals surface area (Å²) in [4.78, 5) is 34.1. The zero-order chi connectivity index (χ0) is 25.4. The second-order valence-corrected chi connectivity index (χ2v) is 11.4. The van der Waals surface area contributed by atoms with Crippen LogP contribution >= 0.6 is 11.3 Å². The van der Waals surface area contributed by atoms with Gasteiger partial charge < -0.3 is 9.80 Å². The molecule has 3 aromatic rings. The Hall–Kier alpha value is -3.03. The fraction of sp³-hybridized carbons (Fsp3) is 0.400. The van der Waals surface area contributed by atoms with Crippen LogP contribution in [0.1, 0.15) is 46.4 Å². The minimum Gasteiger partial charge on any atom is -0.341 e. The molecular formula is C30H32FN3O2S. The summed E-state index contributed by atoms with van der Waals surface area (Å²) in [5.41, 5.74) is 3.31. The number of benzene rings is 2. The molecule has 37 heavy (non-hydrogen) atoms. The van der Waals surface area contributed by atoms with Gasteiger partial charge in [-0.05, 0) is 65.4 Å². The first kappa shape index (κ1) is 24.3. The Morgan fingerprint density at radius 2 is 1.68 bits per heavy atom. The number of rotatable bonds is 5. The van der Waals surface area contributed by atoms with Crippen LogP contribution in [0.4, 0.5) is 4.39 Å². The highest BCUT2D eigenvalue weighted by Crippen LogP contribution is 2.48. The summed E-state index contributed by atoms with van der Waals surface area (Å²) in [6, 6.07) is 19.0. The molecule has 1 saturated heterocycles. The summed E-state index contributed by atoms with van der Waals surface area (Å²) in [6.45, 7) is 3.58. The Kier molecular flexibility index (Phi) is 6.82. The van der Waals surface area contributed by atoms with Crippen molar-refractivity contribution in [3.8, 4) is 0 Å². The summed E-state index contributed by atoms with van der Waals surface area (Å²) >= 11 is 1.74. The summed E-state index contributed by atoms with van der Waals surface area (Å²) in [5.74, 6) is 0.465. The lowest BCUT2D eigenvalue weighted by molar-refractivity contribution is -0.135. The van der Waals surface area contributed by atoms with E-state index in [1.165, 1.54) is 22.1 Å². The maximum absolute atomic E-state index is 14.1. The quantitative estimate of drug-likeness (QED) is 0.493. The van der Waals surface area contributed by atoms with Crippen molar-refractivity contribution in [1.82, 2.24) is 14.7 Å². The van der Waals surface area contributed by atoms with E-state index in [-0.39, 0.29) is 29.6 Å². The number of thiophene rings is 1. The molecule has 3 heterocycles. The largest absolute Gasteiger partial charge is 0.341 e. The smallest absolute Gasteiger partial charge is 0.236 e. The Bertz CT molecular complexity index is 1280. The van der Waals surface area contributed by atoms with Gasteiger partial charge in [0.15, 0.2) is 0 Å². The molecule has 5 nitrogen and oxygen atoms in total. The van der Waals surface area contributed by atoms with Crippen molar-refractivity contribution < 1.29 is 14.0 Å². The third-order valence-electron chi connectivity index (χ3n) is 8.06. The highest BCUT2D eigenvalue weighted by atomic mass is 32.1. The highest BCUT2D eigenvalue weighted by Gasteiger charge is 2.45. The zero-order valence-electron chi connectivity index (χ0n) is 20.9. The van der Waals surface area contributed by atoms with E-state index in [0.29, 0.717) is 38.6 Å². The number of hydrogen-bond donors (Lipinski definition) is 0. The third-order valence-corrected chi connectivity index (χ3v) is 9.06. The molecule has 3 aliphatic rings. The Morgan fingerprint density at radius 3 is 2.51 bits per heavy atom. The molecule has 1 aromatic heterocycles. The van der Waals surface area contributed by atoms with Gasteiger partial charge in [0, 0.05) is 43.5 Å². The molecule has 7 heteroatoms.